The smallest absolute Gasteiger partial charge is 0.214 e. The molecule has 7 nitrogen and oxygen atoms in total. The van der Waals surface area contributed by atoms with Crippen LogP contribution in [0, 0.1) is 20.8 Å². The average molecular weight is 372 g/mol. The maximum absolute atomic E-state index is 6.15. The van der Waals surface area contributed by atoms with Crippen molar-refractivity contribution in [3.63, 3.8) is 0 Å². The fourth-order valence-electron chi connectivity index (χ4n) is 2.88. The van der Waals surface area contributed by atoms with E-state index < -0.39 is 0 Å². The summed E-state index contributed by atoms with van der Waals surface area (Å²) in [6.07, 6.45) is 1.05. The number of hydrogen-bond donors (Lipinski definition) is 2. The molecule has 0 bridgehead atoms. The van der Waals surface area contributed by atoms with Crippen LogP contribution in [0.25, 0.3) is 0 Å². The van der Waals surface area contributed by atoms with Gasteiger partial charge in [0, 0.05) is 25.6 Å². The van der Waals surface area contributed by atoms with Gasteiger partial charge in [0.1, 0.15) is 17.6 Å². The van der Waals surface area contributed by atoms with Gasteiger partial charge in [-0.15, -0.1) is 0 Å². The third kappa shape index (κ3) is 5.23. The molecule has 0 spiro atoms. The van der Waals surface area contributed by atoms with Crippen LogP contribution in [0.1, 0.15) is 34.9 Å². The number of aliphatic imine (C=N–C) groups is 1. The molecule has 1 aromatic heterocycles. The second kappa shape index (κ2) is 8.90. The Labute approximate surface area is 160 Å². The van der Waals surface area contributed by atoms with Crippen molar-refractivity contribution in [3.8, 4) is 5.75 Å². The molecule has 1 unspecified atom stereocenters. The van der Waals surface area contributed by atoms with E-state index in [0.29, 0.717) is 31.5 Å². The minimum Gasteiger partial charge on any atom is -0.488 e. The molecule has 1 fully saturated rings. The van der Waals surface area contributed by atoms with E-state index in [0.717, 1.165) is 35.8 Å². The molecule has 7 heteroatoms. The van der Waals surface area contributed by atoms with Crippen molar-refractivity contribution in [1.82, 2.24) is 15.6 Å². The molecule has 0 aliphatic carbocycles. The Morgan fingerprint density at radius 3 is 2.74 bits per heavy atom. The number of aromatic nitrogens is 1. The van der Waals surface area contributed by atoms with Crippen molar-refractivity contribution in [1.29, 1.82) is 0 Å². The number of benzene rings is 1. The molecule has 0 saturated carbocycles. The van der Waals surface area contributed by atoms with Gasteiger partial charge in [-0.05, 0) is 32.4 Å². The van der Waals surface area contributed by atoms with E-state index in [9.17, 15) is 0 Å². The lowest BCUT2D eigenvalue weighted by molar-refractivity contribution is 0.140. The van der Waals surface area contributed by atoms with Crippen molar-refractivity contribution in [2.75, 3.05) is 20.3 Å². The van der Waals surface area contributed by atoms with E-state index in [-0.39, 0.29) is 6.10 Å². The molecule has 3 rings (SSSR count). The Balaban J connectivity index is 1.58. The first-order valence-electron chi connectivity index (χ1n) is 9.26. The lowest BCUT2D eigenvalue weighted by Crippen LogP contribution is -2.36. The van der Waals surface area contributed by atoms with Crippen LogP contribution in [0.3, 0.4) is 0 Å². The van der Waals surface area contributed by atoms with Crippen LogP contribution in [0.2, 0.25) is 0 Å². The summed E-state index contributed by atoms with van der Waals surface area (Å²) in [5.74, 6) is 3.06. The Morgan fingerprint density at radius 1 is 1.26 bits per heavy atom. The summed E-state index contributed by atoms with van der Waals surface area (Å²) in [6, 6.07) is 6.24. The molecule has 1 aromatic carbocycles. The van der Waals surface area contributed by atoms with Gasteiger partial charge in [-0.2, -0.15) is 0 Å². The summed E-state index contributed by atoms with van der Waals surface area (Å²) in [5, 5.41) is 6.54. The molecule has 27 heavy (non-hydrogen) atoms. The monoisotopic (exact) mass is 372 g/mol. The van der Waals surface area contributed by atoms with E-state index in [2.05, 4.69) is 45.7 Å². The van der Waals surface area contributed by atoms with Crippen LogP contribution < -0.4 is 15.4 Å². The molecule has 1 saturated heterocycles. The molecule has 2 N–H and O–H groups in total. The topological polar surface area (TPSA) is 80.9 Å². The fraction of sp³-hybridized carbons (Fsp3) is 0.500. The van der Waals surface area contributed by atoms with Crippen molar-refractivity contribution in [2.45, 2.75) is 46.4 Å². The van der Waals surface area contributed by atoms with E-state index in [1.807, 2.05) is 13.8 Å². The minimum atomic E-state index is 0.125. The Hall–Kier alpha value is -2.54. The molecule has 1 atom stereocenters. The third-order valence-electron chi connectivity index (χ3n) is 4.55. The number of guanidine groups is 1. The maximum atomic E-state index is 6.15. The summed E-state index contributed by atoms with van der Waals surface area (Å²) < 4.78 is 17.2. The highest BCUT2D eigenvalue weighted by molar-refractivity contribution is 5.79. The summed E-state index contributed by atoms with van der Waals surface area (Å²) in [4.78, 5) is 8.63. The van der Waals surface area contributed by atoms with Crippen molar-refractivity contribution in [3.05, 3.63) is 46.7 Å². The fourth-order valence-corrected chi connectivity index (χ4v) is 2.88. The summed E-state index contributed by atoms with van der Waals surface area (Å²) >= 11 is 0. The number of hydrogen-bond acceptors (Lipinski definition) is 5. The molecule has 1 aliphatic rings. The van der Waals surface area contributed by atoms with Gasteiger partial charge in [-0.3, -0.25) is 4.99 Å². The SMILES string of the molecule is CN=C(NCc1nc(C)c(C)o1)NCc1ccc(C)cc1OC1CCOC1. The van der Waals surface area contributed by atoms with Gasteiger partial charge < -0.3 is 24.5 Å². The quantitative estimate of drug-likeness (QED) is 0.599. The number of ether oxygens (including phenoxy) is 2. The van der Waals surface area contributed by atoms with Gasteiger partial charge in [0.2, 0.25) is 5.89 Å². The first-order valence-corrected chi connectivity index (χ1v) is 9.26. The Morgan fingerprint density at radius 2 is 2.07 bits per heavy atom. The highest BCUT2D eigenvalue weighted by atomic mass is 16.5. The highest BCUT2D eigenvalue weighted by Crippen LogP contribution is 2.23. The Kier molecular flexibility index (Phi) is 6.34. The van der Waals surface area contributed by atoms with Gasteiger partial charge in [0.15, 0.2) is 5.96 Å². The second-order valence-corrected chi connectivity index (χ2v) is 6.74. The summed E-state index contributed by atoms with van der Waals surface area (Å²) in [7, 11) is 1.74. The average Bonchev–Trinajstić information content (AvgIpc) is 3.26. The van der Waals surface area contributed by atoms with Crippen LogP contribution in [0.4, 0.5) is 0 Å². The lowest BCUT2D eigenvalue weighted by Gasteiger charge is -2.17. The summed E-state index contributed by atoms with van der Waals surface area (Å²) in [5.41, 5.74) is 3.16. The normalized spacial score (nSPS) is 17.2. The predicted octanol–water partition coefficient (Wildman–Crippen LogP) is 2.63. The molecule has 2 aromatic rings. The third-order valence-corrected chi connectivity index (χ3v) is 4.55. The van der Waals surface area contributed by atoms with Crippen LogP contribution in [0.15, 0.2) is 27.6 Å². The first kappa shape index (κ1) is 19.2. The first-order chi connectivity index (χ1) is 13.0. The van der Waals surface area contributed by atoms with E-state index in [4.69, 9.17) is 13.9 Å². The van der Waals surface area contributed by atoms with Gasteiger partial charge in [0.05, 0.1) is 25.5 Å². The zero-order valence-electron chi connectivity index (χ0n) is 16.5. The Bertz CT molecular complexity index is 775. The molecule has 2 heterocycles. The molecular weight excluding hydrogens is 344 g/mol. The number of oxazole rings is 1. The zero-order chi connectivity index (χ0) is 19.2. The van der Waals surface area contributed by atoms with Crippen molar-refractivity contribution in [2.24, 2.45) is 4.99 Å². The van der Waals surface area contributed by atoms with Crippen molar-refractivity contribution < 1.29 is 13.9 Å². The molecule has 0 radical (unpaired) electrons. The molecular formula is C20H28N4O3. The van der Waals surface area contributed by atoms with Crippen LogP contribution in [-0.2, 0) is 17.8 Å². The zero-order valence-corrected chi connectivity index (χ0v) is 16.5. The van der Waals surface area contributed by atoms with E-state index in [1.165, 1.54) is 5.56 Å². The van der Waals surface area contributed by atoms with Gasteiger partial charge in [-0.25, -0.2) is 4.98 Å². The number of rotatable bonds is 6. The largest absolute Gasteiger partial charge is 0.488 e. The van der Waals surface area contributed by atoms with Gasteiger partial charge in [0.25, 0.3) is 0 Å². The van der Waals surface area contributed by atoms with Crippen LogP contribution in [0.5, 0.6) is 5.75 Å². The second-order valence-electron chi connectivity index (χ2n) is 6.74. The molecule has 146 valence electrons. The standard InChI is InChI=1S/C20H28N4O3/c1-13-5-6-16(18(9-13)27-17-7-8-25-12-17)10-22-20(21-4)23-11-19-24-14(2)15(3)26-19/h5-6,9,17H,7-8,10-12H2,1-4H3,(H2,21,22,23). The predicted molar refractivity (Wildman–Crippen MR) is 104 cm³/mol. The van der Waals surface area contributed by atoms with Crippen LogP contribution >= 0.6 is 0 Å². The molecule has 0 amide bonds. The van der Waals surface area contributed by atoms with Gasteiger partial charge >= 0.3 is 0 Å². The van der Waals surface area contributed by atoms with E-state index in [1.54, 1.807) is 7.05 Å². The van der Waals surface area contributed by atoms with E-state index >= 15 is 0 Å². The van der Waals surface area contributed by atoms with Gasteiger partial charge in [-0.1, -0.05) is 12.1 Å². The highest BCUT2D eigenvalue weighted by Gasteiger charge is 2.18. The molecule has 1 aliphatic heterocycles. The van der Waals surface area contributed by atoms with Crippen molar-refractivity contribution >= 4 is 5.96 Å². The minimum absolute atomic E-state index is 0.125. The number of nitrogens with zero attached hydrogens (tertiary/aromatic N) is 2. The summed E-state index contributed by atoms with van der Waals surface area (Å²) in [6.45, 7) is 8.41. The van der Waals surface area contributed by atoms with Crippen LogP contribution in [-0.4, -0.2) is 37.3 Å². The number of aryl methyl sites for hydroxylation is 3. The lowest BCUT2D eigenvalue weighted by atomic mass is 10.1. The number of nitrogens with one attached hydrogen (secondary N) is 2. The maximum Gasteiger partial charge on any atom is 0.214 e.